The zero-order valence-corrected chi connectivity index (χ0v) is 25.6. The summed E-state index contributed by atoms with van der Waals surface area (Å²) in [6.07, 6.45) is 0. The summed E-state index contributed by atoms with van der Waals surface area (Å²) in [6, 6.07) is 49.6. The van der Waals surface area contributed by atoms with E-state index in [0.717, 1.165) is 16.6 Å². The van der Waals surface area contributed by atoms with Gasteiger partial charge in [-0.2, -0.15) is 0 Å². The third-order valence-corrected chi connectivity index (χ3v) is 10.9. The summed E-state index contributed by atoms with van der Waals surface area (Å²) >= 11 is 0. The van der Waals surface area contributed by atoms with Gasteiger partial charge in [-0.15, -0.1) is 0 Å². The van der Waals surface area contributed by atoms with Crippen LogP contribution in [0.1, 0.15) is 25.0 Å². The van der Waals surface area contributed by atoms with Gasteiger partial charge in [-0.05, 0) is 124 Å². The second-order valence-electron chi connectivity index (χ2n) is 13.7. The van der Waals surface area contributed by atoms with E-state index in [-0.39, 0.29) is 5.41 Å². The minimum atomic E-state index is -0.0470. The third-order valence-electron chi connectivity index (χ3n) is 10.9. The molecule has 46 heavy (non-hydrogen) atoms. The molecule has 0 radical (unpaired) electrons. The first-order valence-electron chi connectivity index (χ1n) is 16.2. The van der Waals surface area contributed by atoms with Crippen molar-refractivity contribution < 1.29 is 4.42 Å². The molecule has 9 aromatic rings. The fourth-order valence-corrected chi connectivity index (χ4v) is 8.77. The van der Waals surface area contributed by atoms with Crippen LogP contribution < -0.4 is 0 Å². The molecule has 8 aromatic carbocycles. The van der Waals surface area contributed by atoms with Crippen LogP contribution in [0.4, 0.5) is 0 Å². The summed E-state index contributed by atoms with van der Waals surface area (Å²) in [5.41, 5.74) is 14.8. The molecule has 0 saturated carbocycles. The van der Waals surface area contributed by atoms with Crippen LogP contribution in [0.25, 0.3) is 98.8 Å². The third kappa shape index (κ3) is 3.01. The first-order chi connectivity index (χ1) is 22.5. The number of benzene rings is 8. The Kier molecular flexibility index (Phi) is 4.46. The van der Waals surface area contributed by atoms with Crippen molar-refractivity contribution in [2.75, 3.05) is 0 Å². The minimum Gasteiger partial charge on any atom is -0.456 e. The van der Waals surface area contributed by atoms with Gasteiger partial charge in [0, 0.05) is 16.2 Å². The van der Waals surface area contributed by atoms with Gasteiger partial charge in [-0.25, -0.2) is 0 Å². The highest BCUT2D eigenvalue weighted by atomic mass is 16.3. The molecule has 1 nitrogen and oxygen atoms in total. The number of fused-ring (bicyclic) bond motifs is 6. The van der Waals surface area contributed by atoms with Crippen LogP contribution in [0.3, 0.4) is 0 Å². The fraction of sp³-hybridized carbons (Fsp3) is 0.0667. The standard InChI is InChI=1S/C45H28O/c1-45(2)37-13-5-9-26-15-16-29-21-30(24-38(45)43(29)42(26)37)27-18-20-39-36(22-27)44-31(10-6-14-40(44)46-39)28-17-19-32-33-11-3-7-25-8-4-12-34(41(25)33)35(32)23-28/h3-24H,1-2H3. The SMILES string of the molecule is CC1(C)c2cccc3ccc4cc(-c5ccc6oc7cccc(-c8ccc9c(c8)-c8cccc%10cccc-9c8%10)c7c6c5)cc1c4c23. The van der Waals surface area contributed by atoms with Crippen LogP contribution in [0.5, 0.6) is 0 Å². The van der Waals surface area contributed by atoms with Crippen LogP contribution in [-0.2, 0) is 5.41 Å². The van der Waals surface area contributed by atoms with Gasteiger partial charge in [0.15, 0.2) is 0 Å². The van der Waals surface area contributed by atoms with Gasteiger partial charge < -0.3 is 4.42 Å². The van der Waals surface area contributed by atoms with Gasteiger partial charge >= 0.3 is 0 Å². The molecule has 2 aliphatic carbocycles. The largest absolute Gasteiger partial charge is 0.456 e. The first kappa shape index (κ1) is 24.6. The van der Waals surface area contributed by atoms with E-state index in [1.807, 2.05) is 0 Å². The van der Waals surface area contributed by atoms with Crippen molar-refractivity contribution in [2.45, 2.75) is 19.3 Å². The van der Waals surface area contributed by atoms with Crippen molar-refractivity contribution >= 4 is 54.3 Å². The van der Waals surface area contributed by atoms with Gasteiger partial charge in [0.25, 0.3) is 0 Å². The Morgan fingerprint density at radius 1 is 0.391 bits per heavy atom. The predicted octanol–water partition coefficient (Wildman–Crippen LogP) is 12.7. The quantitative estimate of drug-likeness (QED) is 0.184. The second-order valence-corrected chi connectivity index (χ2v) is 13.7. The van der Waals surface area contributed by atoms with Gasteiger partial charge in [0.2, 0.25) is 0 Å². The molecule has 0 N–H and O–H groups in total. The molecule has 214 valence electrons. The Hall–Kier alpha value is -5.66. The summed E-state index contributed by atoms with van der Waals surface area (Å²) < 4.78 is 6.49. The van der Waals surface area contributed by atoms with E-state index >= 15 is 0 Å². The first-order valence-corrected chi connectivity index (χ1v) is 16.2. The molecule has 0 fully saturated rings. The van der Waals surface area contributed by atoms with E-state index in [9.17, 15) is 0 Å². The van der Waals surface area contributed by atoms with E-state index in [2.05, 4.69) is 147 Å². The van der Waals surface area contributed by atoms with E-state index in [1.54, 1.807) is 0 Å². The molecule has 1 aromatic heterocycles. The number of furan rings is 1. The molecule has 2 aliphatic rings. The summed E-state index contributed by atoms with van der Waals surface area (Å²) in [5, 5.41) is 10.5. The van der Waals surface area contributed by atoms with Crippen molar-refractivity contribution in [1.82, 2.24) is 0 Å². The normalized spacial score (nSPS) is 14.0. The lowest BCUT2D eigenvalue weighted by Crippen LogP contribution is -2.15. The molecular formula is C45H28O. The van der Waals surface area contributed by atoms with E-state index in [4.69, 9.17) is 4.42 Å². The summed E-state index contributed by atoms with van der Waals surface area (Å²) in [6.45, 7) is 4.74. The highest BCUT2D eigenvalue weighted by Gasteiger charge is 2.34. The van der Waals surface area contributed by atoms with Crippen molar-refractivity contribution in [1.29, 1.82) is 0 Å². The molecule has 0 amide bonds. The average Bonchev–Trinajstić information content (AvgIpc) is 3.71. The Morgan fingerprint density at radius 3 is 1.96 bits per heavy atom. The van der Waals surface area contributed by atoms with E-state index in [1.165, 1.54) is 93.3 Å². The van der Waals surface area contributed by atoms with Gasteiger partial charge in [0.1, 0.15) is 11.2 Å². The smallest absolute Gasteiger partial charge is 0.136 e. The Morgan fingerprint density at radius 2 is 1.09 bits per heavy atom. The predicted molar refractivity (Wildman–Crippen MR) is 194 cm³/mol. The van der Waals surface area contributed by atoms with E-state index in [0.29, 0.717) is 0 Å². The molecule has 1 heteroatoms. The Labute approximate surface area is 266 Å². The molecule has 1 heterocycles. The van der Waals surface area contributed by atoms with Crippen molar-refractivity contribution in [3.05, 3.63) is 145 Å². The molecule has 0 spiro atoms. The van der Waals surface area contributed by atoms with Crippen LogP contribution >= 0.6 is 0 Å². The molecule has 0 saturated heterocycles. The number of hydrogen-bond donors (Lipinski definition) is 0. The molecule has 0 bridgehead atoms. The van der Waals surface area contributed by atoms with Crippen molar-refractivity contribution in [3.63, 3.8) is 0 Å². The zero-order valence-electron chi connectivity index (χ0n) is 25.6. The van der Waals surface area contributed by atoms with Crippen molar-refractivity contribution in [3.8, 4) is 44.5 Å². The number of rotatable bonds is 2. The summed E-state index contributed by atoms with van der Waals surface area (Å²) in [5.74, 6) is 0. The van der Waals surface area contributed by atoms with Gasteiger partial charge in [-0.1, -0.05) is 111 Å². The second kappa shape index (κ2) is 8.33. The summed E-state index contributed by atoms with van der Waals surface area (Å²) in [7, 11) is 0. The van der Waals surface area contributed by atoms with Crippen LogP contribution in [0.2, 0.25) is 0 Å². The number of hydrogen-bond acceptors (Lipinski definition) is 1. The lowest BCUT2D eigenvalue weighted by Gasteiger charge is -2.22. The molecule has 0 atom stereocenters. The molecule has 0 unspecified atom stereocenters. The van der Waals surface area contributed by atoms with Crippen LogP contribution in [-0.4, -0.2) is 0 Å². The van der Waals surface area contributed by atoms with Crippen LogP contribution in [0, 0.1) is 0 Å². The highest BCUT2D eigenvalue weighted by molar-refractivity contribution is 6.18. The maximum absolute atomic E-state index is 6.49. The van der Waals surface area contributed by atoms with Gasteiger partial charge in [-0.3, -0.25) is 0 Å². The lowest BCUT2D eigenvalue weighted by molar-refractivity contribution is 0.663. The lowest BCUT2D eigenvalue weighted by atomic mass is 9.81. The minimum absolute atomic E-state index is 0.0470. The molecule has 0 aliphatic heterocycles. The average molecular weight is 585 g/mol. The molecular weight excluding hydrogens is 556 g/mol. The van der Waals surface area contributed by atoms with E-state index < -0.39 is 0 Å². The fourth-order valence-electron chi connectivity index (χ4n) is 8.77. The zero-order chi connectivity index (χ0) is 30.3. The summed E-state index contributed by atoms with van der Waals surface area (Å²) in [4.78, 5) is 0. The maximum Gasteiger partial charge on any atom is 0.136 e. The maximum atomic E-state index is 6.49. The van der Waals surface area contributed by atoms with Crippen molar-refractivity contribution in [2.24, 2.45) is 0 Å². The Bertz CT molecular complexity index is 2820. The Balaban J connectivity index is 1.11. The highest BCUT2D eigenvalue weighted by Crippen LogP contribution is 2.51. The molecule has 11 rings (SSSR count). The monoisotopic (exact) mass is 584 g/mol. The van der Waals surface area contributed by atoms with Crippen LogP contribution in [0.15, 0.2) is 138 Å². The topological polar surface area (TPSA) is 13.1 Å². The van der Waals surface area contributed by atoms with Gasteiger partial charge in [0.05, 0.1) is 0 Å².